The maximum atomic E-state index is 11.5. The van der Waals surface area contributed by atoms with E-state index in [0.717, 1.165) is 10.8 Å². The van der Waals surface area contributed by atoms with Gasteiger partial charge in [0.2, 0.25) is 0 Å². The van der Waals surface area contributed by atoms with Crippen LogP contribution in [-0.2, 0) is 4.74 Å². The summed E-state index contributed by atoms with van der Waals surface area (Å²) < 4.78 is 4.91. The summed E-state index contributed by atoms with van der Waals surface area (Å²) in [6.07, 6.45) is 0. The number of aromatic carboxylic acids is 1. The molecule has 2 aromatic carbocycles. The van der Waals surface area contributed by atoms with Crippen molar-refractivity contribution in [2.45, 2.75) is 6.92 Å². The number of hydrogen-bond acceptors (Lipinski definition) is 3. The highest BCUT2D eigenvalue weighted by Gasteiger charge is 2.08. The minimum absolute atomic E-state index is 0.228. The lowest BCUT2D eigenvalue weighted by atomic mass is 10.0. The van der Waals surface area contributed by atoms with E-state index < -0.39 is 5.97 Å². The van der Waals surface area contributed by atoms with Crippen LogP contribution in [0, 0.1) is 0 Å². The van der Waals surface area contributed by atoms with Crippen molar-refractivity contribution in [2.75, 3.05) is 6.61 Å². The zero-order chi connectivity index (χ0) is 13.1. The molecule has 18 heavy (non-hydrogen) atoms. The molecule has 0 aliphatic carbocycles. The first kappa shape index (κ1) is 12.1. The Morgan fingerprint density at radius 1 is 1.06 bits per heavy atom. The smallest absolute Gasteiger partial charge is 0.338 e. The number of rotatable bonds is 3. The zero-order valence-electron chi connectivity index (χ0n) is 9.84. The van der Waals surface area contributed by atoms with Gasteiger partial charge in [0.15, 0.2) is 0 Å². The van der Waals surface area contributed by atoms with E-state index in [1.54, 1.807) is 37.3 Å². The van der Waals surface area contributed by atoms with Crippen LogP contribution in [0.5, 0.6) is 0 Å². The van der Waals surface area contributed by atoms with Crippen LogP contribution in [0.4, 0.5) is 0 Å². The van der Waals surface area contributed by atoms with Crippen LogP contribution in [0.2, 0.25) is 0 Å². The third-order valence-corrected chi connectivity index (χ3v) is 2.60. The van der Waals surface area contributed by atoms with Crippen LogP contribution in [0.15, 0.2) is 36.4 Å². The van der Waals surface area contributed by atoms with Gasteiger partial charge in [-0.2, -0.15) is 0 Å². The number of fused-ring (bicyclic) bond motifs is 1. The van der Waals surface area contributed by atoms with Crippen molar-refractivity contribution in [3.63, 3.8) is 0 Å². The molecular weight excluding hydrogens is 232 g/mol. The molecule has 4 nitrogen and oxygen atoms in total. The Morgan fingerprint density at radius 2 is 1.61 bits per heavy atom. The Balaban J connectivity index is 2.44. The third kappa shape index (κ3) is 2.32. The highest BCUT2D eigenvalue weighted by Crippen LogP contribution is 2.18. The summed E-state index contributed by atoms with van der Waals surface area (Å²) in [5.41, 5.74) is 0.693. The van der Waals surface area contributed by atoms with Crippen LogP contribution in [-0.4, -0.2) is 23.7 Å². The van der Waals surface area contributed by atoms with Gasteiger partial charge in [0.1, 0.15) is 0 Å². The number of carbonyl (C=O) groups excluding carboxylic acids is 1. The molecule has 2 rings (SSSR count). The molecule has 0 bridgehead atoms. The lowest BCUT2D eigenvalue weighted by Crippen LogP contribution is -2.04. The van der Waals surface area contributed by atoms with E-state index in [-0.39, 0.29) is 11.5 Å². The molecule has 0 saturated heterocycles. The largest absolute Gasteiger partial charge is 0.478 e. The van der Waals surface area contributed by atoms with E-state index in [1.807, 2.05) is 0 Å². The summed E-state index contributed by atoms with van der Waals surface area (Å²) >= 11 is 0. The fourth-order valence-corrected chi connectivity index (χ4v) is 1.72. The molecule has 2 aromatic rings. The summed E-state index contributed by atoms with van der Waals surface area (Å²) in [4.78, 5) is 22.4. The van der Waals surface area contributed by atoms with Crippen molar-refractivity contribution in [1.29, 1.82) is 0 Å². The van der Waals surface area contributed by atoms with E-state index in [9.17, 15) is 9.59 Å². The Labute approximate surface area is 104 Å². The van der Waals surface area contributed by atoms with Crippen LogP contribution >= 0.6 is 0 Å². The van der Waals surface area contributed by atoms with Crippen molar-refractivity contribution < 1.29 is 19.4 Å². The second-order valence-corrected chi connectivity index (χ2v) is 3.80. The summed E-state index contributed by atoms with van der Waals surface area (Å²) in [7, 11) is 0. The molecule has 0 radical (unpaired) electrons. The predicted octanol–water partition coefficient (Wildman–Crippen LogP) is 2.71. The molecule has 0 fully saturated rings. The number of carbonyl (C=O) groups is 2. The molecule has 0 saturated carbocycles. The third-order valence-electron chi connectivity index (χ3n) is 2.60. The Bertz CT molecular complexity index is 616. The molecule has 92 valence electrons. The van der Waals surface area contributed by atoms with Gasteiger partial charge in [-0.25, -0.2) is 9.59 Å². The number of carboxylic acids is 1. The summed E-state index contributed by atoms with van der Waals surface area (Å²) in [5, 5.41) is 10.5. The highest BCUT2D eigenvalue weighted by atomic mass is 16.5. The quantitative estimate of drug-likeness (QED) is 0.843. The lowest BCUT2D eigenvalue weighted by molar-refractivity contribution is 0.0526. The standard InChI is InChI=1S/C14H12O4/c1-2-18-14(17)12-6-4-9-7-11(13(15)16)5-3-10(9)8-12/h3-8H,2H2,1H3,(H,15,16). The van der Waals surface area contributed by atoms with Gasteiger partial charge in [0, 0.05) is 0 Å². The second-order valence-electron chi connectivity index (χ2n) is 3.80. The number of esters is 1. The molecule has 0 amide bonds. The SMILES string of the molecule is CCOC(=O)c1ccc2cc(C(=O)O)ccc2c1. The van der Waals surface area contributed by atoms with Gasteiger partial charge in [0.05, 0.1) is 17.7 Å². The van der Waals surface area contributed by atoms with Gasteiger partial charge >= 0.3 is 11.9 Å². The van der Waals surface area contributed by atoms with E-state index in [4.69, 9.17) is 9.84 Å². The van der Waals surface area contributed by atoms with E-state index >= 15 is 0 Å². The molecule has 4 heteroatoms. The number of hydrogen-bond donors (Lipinski definition) is 1. The van der Waals surface area contributed by atoms with Crippen LogP contribution in [0.1, 0.15) is 27.6 Å². The minimum Gasteiger partial charge on any atom is -0.478 e. The molecule has 0 heterocycles. The van der Waals surface area contributed by atoms with Crippen LogP contribution in [0.25, 0.3) is 10.8 Å². The highest BCUT2D eigenvalue weighted by molar-refractivity contribution is 5.98. The normalized spacial score (nSPS) is 10.3. The molecule has 0 unspecified atom stereocenters. The first-order valence-electron chi connectivity index (χ1n) is 5.56. The van der Waals surface area contributed by atoms with Crippen molar-refractivity contribution in [2.24, 2.45) is 0 Å². The van der Waals surface area contributed by atoms with Gasteiger partial charge in [-0.1, -0.05) is 12.1 Å². The molecule has 0 spiro atoms. The topological polar surface area (TPSA) is 63.6 Å². The fraction of sp³-hybridized carbons (Fsp3) is 0.143. The van der Waals surface area contributed by atoms with Gasteiger partial charge in [-0.15, -0.1) is 0 Å². The Morgan fingerprint density at radius 3 is 2.17 bits per heavy atom. The number of ether oxygens (including phenoxy) is 1. The number of carboxylic acid groups (broad SMARTS) is 1. The van der Waals surface area contributed by atoms with Crippen molar-refractivity contribution in [3.8, 4) is 0 Å². The van der Waals surface area contributed by atoms with E-state index in [0.29, 0.717) is 12.2 Å². The van der Waals surface area contributed by atoms with Crippen molar-refractivity contribution in [1.82, 2.24) is 0 Å². The average Bonchev–Trinajstić information content (AvgIpc) is 2.37. The van der Waals surface area contributed by atoms with Crippen molar-refractivity contribution >= 4 is 22.7 Å². The summed E-state index contributed by atoms with van der Waals surface area (Å²) in [6.45, 7) is 2.08. The van der Waals surface area contributed by atoms with Crippen molar-refractivity contribution in [3.05, 3.63) is 47.5 Å². The Kier molecular flexibility index (Phi) is 3.28. The monoisotopic (exact) mass is 244 g/mol. The van der Waals surface area contributed by atoms with E-state index in [2.05, 4.69) is 0 Å². The van der Waals surface area contributed by atoms with Crippen LogP contribution in [0.3, 0.4) is 0 Å². The van der Waals surface area contributed by atoms with Gasteiger partial charge in [-0.3, -0.25) is 0 Å². The zero-order valence-corrected chi connectivity index (χ0v) is 9.84. The predicted molar refractivity (Wildman–Crippen MR) is 66.9 cm³/mol. The second kappa shape index (κ2) is 4.87. The summed E-state index contributed by atoms with van der Waals surface area (Å²) in [6, 6.07) is 9.81. The molecular formula is C14H12O4. The van der Waals surface area contributed by atoms with Gasteiger partial charge in [-0.05, 0) is 42.0 Å². The van der Waals surface area contributed by atoms with E-state index in [1.165, 1.54) is 6.07 Å². The molecule has 0 aromatic heterocycles. The maximum absolute atomic E-state index is 11.5. The Hall–Kier alpha value is -2.36. The maximum Gasteiger partial charge on any atom is 0.338 e. The molecule has 1 N–H and O–H groups in total. The fourth-order valence-electron chi connectivity index (χ4n) is 1.72. The molecule has 0 aliphatic heterocycles. The lowest BCUT2D eigenvalue weighted by Gasteiger charge is -2.04. The number of benzene rings is 2. The average molecular weight is 244 g/mol. The first-order valence-corrected chi connectivity index (χ1v) is 5.56. The molecule has 0 atom stereocenters. The van der Waals surface area contributed by atoms with Gasteiger partial charge in [0.25, 0.3) is 0 Å². The van der Waals surface area contributed by atoms with Gasteiger partial charge < -0.3 is 9.84 Å². The summed E-state index contributed by atoms with van der Waals surface area (Å²) in [5.74, 6) is -1.34. The minimum atomic E-state index is -0.966. The molecule has 0 aliphatic rings. The first-order chi connectivity index (χ1) is 8.61. The van der Waals surface area contributed by atoms with Crippen LogP contribution < -0.4 is 0 Å².